The predicted octanol–water partition coefficient (Wildman–Crippen LogP) is 2.35. The molecule has 0 spiro atoms. The average molecular weight is 291 g/mol. The Morgan fingerprint density at radius 1 is 1.57 bits per heavy atom. The molecule has 0 aliphatic carbocycles. The summed E-state index contributed by atoms with van der Waals surface area (Å²) in [7, 11) is 0. The summed E-state index contributed by atoms with van der Waals surface area (Å²) in [6.45, 7) is 3.96. The Balaban J connectivity index is 2.55. The standard InChI is InChI=1S/C15H14FNO4/c1-3-8-11(16)4-9-12-14(8)21-6-7(2)17(12)5-10(13(9)18)15(19)20/h4-5,7H,3,6H2,1-2H3,(H,19,20). The number of carboxylic acid groups (broad SMARTS) is 1. The van der Waals surface area contributed by atoms with Crippen LogP contribution < -0.4 is 10.2 Å². The molecule has 0 saturated heterocycles. The summed E-state index contributed by atoms with van der Waals surface area (Å²) in [6.07, 6.45) is 1.75. The summed E-state index contributed by atoms with van der Waals surface area (Å²) in [5, 5.41) is 9.20. The van der Waals surface area contributed by atoms with Gasteiger partial charge in [-0.2, -0.15) is 0 Å². The van der Waals surface area contributed by atoms with E-state index in [1.54, 1.807) is 11.5 Å². The van der Waals surface area contributed by atoms with Crippen molar-refractivity contribution in [3.05, 3.63) is 39.4 Å². The zero-order valence-electron chi connectivity index (χ0n) is 11.6. The van der Waals surface area contributed by atoms with Crippen LogP contribution in [0.1, 0.15) is 35.8 Å². The molecule has 1 atom stereocenters. The number of carbonyl (C=O) groups is 1. The topological polar surface area (TPSA) is 68.5 Å². The lowest BCUT2D eigenvalue weighted by Gasteiger charge is -2.28. The van der Waals surface area contributed by atoms with Crippen LogP contribution >= 0.6 is 0 Å². The van der Waals surface area contributed by atoms with Gasteiger partial charge in [0.15, 0.2) is 0 Å². The minimum absolute atomic E-state index is 0.0474. The van der Waals surface area contributed by atoms with Gasteiger partial charge in [-0.1, -0.05) is 6.92 Å². The van der Waals surface area contributed by atoms with Crippen LogP contribution in [0.5, 0.6) is 5.75 Å². The molecular formula is C15H14FNO4. The number of ether oxygens (including phenoxy) is 1. The van der Waals surface area contributed by atoms with E-state index < -0.39 is 17.2 Å². The van der Waals surface area contributed by atoms with Crippen molar-refractivity contribution < 1.29 is 19.0 Å². The van der Waals surface area contributed by atoms with E-state index in [0.29, 0.717) is 29.9 Å². The first-order chi connectivity index (χ1) is 9.95. The van der Waals surface area contributed by atoms with Crippen molar-refractivity contribution in [1.29, 1.82) is 0 Å². The van der Waals surface area contributed by atoms with E-state index in [0.717, 1.165) is 6.07 Å². The van der Waals surface area contributed by atoms with Crippen molar-refractivity contribution >= 4 is 16.9 Å². The molecule has 0 bridgehead atoms. The lowest BCUT2D eigenvalue weighted by atomic mass is 10.0. The fraction of sp³-hybridized carbons (Fsp3) is 0.333. The summed E-state index contributed by atoms with van der Waals surface area (Å²) in [4.78, 5) is 23.5. The van der Waals surface area contributed by atoms with Gasteiger partial charge in [0, 0.05) is 11.8 Å². The number of aromatic carboxylic acids is 1. The maximum Gasteiger partial charge on any atom is 0.341 e. The second-order valence-electron chi connectivity index (χ2n) is 5.16. The van der Waals surface area contributed by atoms with E-state index in [9.17, 15) is 14.0 Å². The van der Waals surface area contributed by atoms with E-state index in [1.165, 1.54) is 6.20 Å². The van der Waals surface area contributed by atoms with Crippen molar-refractivity contribution in [2.45, 2.75) is 26.3 Å². The number of pyridine rings is 1. The molecule has 1 aliphatic rings. The SMILES string of the molecule is CCc1c(F)cc2c(=O)c(C(=O)O)cn3c2c1OCC3C. The van der Waals surface area contributed by atoms with E-state index in [-0.39, 0.29) is 17.0 Å². The van der Waals surface area contributed by atoms with E-state index in [2.05, 4.69) is 0 Å². The predicted molar refractivity (Wildman–Crippen MR) is 74.7 cm³/mol. The Labute approximate surface area is 119 Å². The fourth-order valence-electron chi connectivity index (χ4n) is 2.76. The average Bonchev–Trinajstić information content (AvgIpc) is 2.44. The second-order valence-corrected chi connectivity index (χ2v) is 5.16. The highest BCUT2D eigenvalue weighted by Gasteiger charge is 2.27. The van der Waals surface area contributed by atoms with Gasteiger partial charge in [-0.15, -0.1) is 0 Å². The molecule has 1 aromatic carbocycles. The van der Waals surface area contributed by atoms with Gasteiger partial charge in [0.25, 0.3) is 0 Å². The molecule has 5 nitrogen and oxygen atoms in total. The number of rotatable bonds is 2. The van der Waals surface area contributed by atoms with Crippen LogP contribution in [0.15, 0.2) is 17.1 Å². The van der Waals surface area contributed by atoms with Gasteiger partial charge < -0.3 is 14.4 Å². The van der Waals surface area contributed by atoms with Crippen molar-refractivity contribution in [3.63, 3.8) is 0 Å². The third-order valence-electron chi connectivity index (χ3n) is 3.85. The largest absolute Gasteiger partial charge is 0.489 e. The molecule has 3 rings (SSSR count). The lowest BCUT2D eigenvalue weighted by Crippen LogP contribution is -2.27. The molecule has 2 aromatic rings. The van der Waals surface area contributed by atoms with Crippen LogP contribution in [0.25, 0.3) is 10.9 Å². The first kappa shape index (κ1) is 13.6. The van der Waals surface area contributed by atoms with E-state index in [4.69, 9.17) is 9.84 Å². The summed E-state index contributed by atoms with van der Waals surface area (Å²) < 4.78 is 21.5. The molecule has 1 unspecified atom stereocenters. The van der Waals surface area contributed by atoms with Gasteiger partial charge in [-0.3, -0.25) is 4.79 Å². The Morgan fingerprint density at radius 2 is 2.29 bits per heavy atom. The summed E-state index contributed by atoms with van der Waals surface area (Å²) in [5.74, 6) is -1.51. The van der Waals surface area contributed by atoms with Crippen molar-refractivity contribution in [2.75, 3.05) is 6.61 Å². The summed E-state index contributed by atoms with van der Waals surface area (Å²) >= 11 is 0. The molecule has 6 heteroatoms. The Bertz CT molecular complexity index is 825. The molecule has 0 fully saturated rings. The fourth-order valence-corrected chi connectivity index (χ4v) is 2.76. The van der Waals surface area contributed by atoms with Crippen molar-refractivity contribution in [2.24, 2.45) is 0 Å². The third-order valence-corrected chi connectivity index (χ3v) is 3.85. The number of aromatic nitrogens is 1. The van der Waals surface area contributed by atoms with Crippen LogP contribution in [-0.4, -0.2) is 22.2 Å². The van der Waals surface area contributed by atoms with Crippen molar-refractivity contribution in [3.8, 4) is 5.75 Å². The molecule has 2 heterocycles. The van der Waals surface area contributed by atoms with E-state index >= 15 is 0 Å². The Kier molecular flexibility index (Phi) is 2.97. The van der Waals surface area contributed by atoms with Crippen LogP contribution in [0.3, 0.4) is 0 Å². The van der Waals surface area contributed by atoms with Crippen LogP contribution in [0, 0.1) is 5.82 Å². The molecule has 0 saturated carbocycles. The molecule has 1 N–H and O–H groups in total. The van der Waals surface area contributed by atoms with Gasteiger partial charge in [0.05, 0.1) is 16.9 Å². The molecule has 110 valence electrons. The number of hydrogen-bond acceptors (Lipinski definition) is 3. The molecule has 1 aromatic heterocycles. The second kappa shape index (κ2) is 4.58. The molecule has 21 heavy (non-hydrogen) atoms. The zero-order chi connectivity index (χ0) is 15.3. The smallest absolute Gasteiger partial charge is 0.341 e. The van der Waals surface area contributed by atoms with Gasteiger partial charge >= 0.3 is 5.97 Å². The first-order valence-corrected chi connectivity index (χ1v) is 6.72. The summed E-state index contributed by atoms with van der Waals surface area (Å²) in [5.41, 5.74) is -0.160. The van der Waals surface area contributed by atoms with Crippen molar-refractivity contribution in [1.82, 2.24) is 4.57 Å². The minimum atomic E-state index is -1.31. The van der Waals surface area contributed by atoms with Crippen LogP contribution in [0.4, 0.5) is 4.39 Å². The Hall–Kier alpha value is -2.37. The van der Waals surface area contributed by atoms with E-state index in [1.807, 2.05) is 6.92 Å². The van der Waals surface area contributed by atoms with Crippen LogP contribution in [-0.2, 0) is 6.42 Å². The van der Waals surface area contributed by atoms with Gasteiger partial charge in [0.2, 0.25) is 5.43 Å². The highest BCUT2D eigenvalue weighted by atomic mass is 19.1. The van der Waals surface area contributed by atoms with Gasteiger partial charge in [-0.05, 0) is 19.4 Å². The molecule has 0 amide bonds. The maximum atomic E-state index is 14.2. The van der Waals surface area contributed by atoms with Gasteiger partial charge in [-0.25, -0.2) is 9.18 Å². The Morgan fingerprint density at radius 3 is 2.90 bits per heavy atom. The zero-order valence-corrected chi connectivity index (χ0v) is 11.6. The molecule has 1 aliphatic heterocycles. The number of benzene rings is 1. The first-order valence-electron chi connectivity index (χ1n) is 6.72. The normalized spacial score (nSPS) is 16.8. The highest BCUT2D eigenvalue weighted by Crippen LogP contribution is 2.36. The third kappa shape index (κ3) is 1.82. The minimum Gasteiger partial charge on any atom is -0.489 e. The molecule has 0 radical (unpaired) electrons. The highest BCUT2D eigenvalue weighted by molar-refractivity contribution is 5.95. The summed E-state index contributed by atoms with van der Waals surface area (Å²) in [6, 6.07) is 0.985. The van der Waals surface area contributed by atoms with Crippen LogP contribution in [0.2, 0.25) is 0 Å². The lowest BCUT2D eigenvalue weighted by molar-refractivity contribution is 0.0694. The maximum absolute atomic E-state index is 14.2. The number of nitrogens with zero attached hydrogens (tertiary/aromatic N) is 1. The molecular weight excluding hydrogens is 277 g/mol. The number of carboxylic acids is 1. The quantitative estimate of drug-likeness (QED) is 0.922. The number of hydrogen-bond donors (Lipinski definition) is 1. The van der Waals surface area contributed by atoms with Gasteiger partial charge in [0.1, 0.15) is 23.7 Å². The number of halogens is 1. The monoisotopic (exact) mass is 291 g/mol.